The number of hydrogen-bond acceptors (Lipinski definition) is 2. The summed E-state index contributed by atoms with van der Waals surface area (Å²) >= 11 is 0. The number of rotatable bonds is 12. The summed E-state index contributed by atoms with van der Waals surface area (Å²) in [6, 6.07) is 6.16. The highest BCUT2D eigenvalue weighted by Crippen LogP contribution is 2.11. The molecule has 0 amide bonds. The zero-order chi connectivity index (χ0) is 13.6. The van der Waals surface area contributed by atoms with Gasteiger partial charge < -0.3 is 5.11 Å². The molecule has 2 nitrogen and oxygen atoms in total. The van der Waals surface area contributed by atoms with Gasteiger partial charge in [0.25, 0.3) is 0 Å². The normalized spacial score (nSPS) is 10.8. The average Bonchev–Trinajstić information content (AvgIpc) is 2.46. The molecule has 2 heteroatoms. The lowest BCUT2D eigenvalue weighted by Gasteiger charge is -2.02. The van der Waals surface area contributed by atoms with Gasteiger partial charge in [-0.3, -0.25) is 4.98 Å². The van der Waals surface area contributed by atoms with Gasteiger partial charge in [-0.25, -0.2) is 0 Å². The SMILES string of the molecule is OCCCCCCCCCCCCc1ccccn1. The molecule has 1 aromatic heterocycles. The molecular formula is C17H29NO. The average molecular weight is 263 g/mol. The van der Waals surface area contributed by atoms with Crippen LogP contribution in [0.25, 0.3) is 0 Å². The summed E-state index contributed by atoms with van der Waals surface area (Å²) in [7, 11) is 0. The Bertz CT molecular complexity index is 287. The van der Waals surface area contributed by atoms with Crippen LogP contribution in [0.4, 0.5) is 0 Å². The second kappa shape index (κ2) is 12.2. The molecule has 1 N–H and O–H groups in total. The molecular weight excluding hydrogens is 234 g/mol. The van der Waals surface area contributed by atoms with Crippen molar-refractivity contribution in [1.82, 2.24) is 4.98 Å². The first kappa shape index (κ1) is 16.2. The van der Waals surface area contributed by atoms with E-state index in [9.17, 15) is 0 Å². The Balaban J connectivity index is 1.79. The standard InChI is InChI=1S/C17H29NO/c19-16-12-8-6-4-2-1-3-5-7-9-13-17-14-10-11-15-18-17/h10-11,14-15,19H,1-9,12-13,16H2. The maximum Gasteiger partial charge on any atom is 0.0431 e. The minimum atomic E-state index is 0.357. The molecule has 0 atom stereocenters. The van der Waals surface area contributed by atoms with Crippen LogP contribution in [0.15, 0.2) is 24.4 Å². The minimum Gasteiger partial charge on any atom is -0.396 e. The number of aryl methyl sites for hydroxylation is 1. The van der Waals surface area contributed by atoms with Crippen molar-refractivity contribution < 1.29 is 5.11 Å². The number of pyridine rings is 1. The van der Waals surface area contributed by atoms with Crippen molar-refractivity contribution in [2.24, 2.45) is 0 Å². The van der Waals surface area contributed by atoms with E-state index in [1.165, 1.54) is 63.5 Å². The van der Waals surface area contributed by atoms with Crippen LogP contribution in [-0.4, -0.2) is 16.7 Å². The van der Waals surface area contributed by atoms with Gasteiger partial charge in [-0.05, 0) is 31.4 Å². The zero-order valence-corrected chi connectivity index (χ0v) is 12.2. The van der Waals surface area contributed by atoms with E-state index in [-0.39, 0.29) is 0 Å². The van der Waals surface area contributed by atoms with Gasteiger partial charge in [0, 0.05) is 18.5 Å². The van der Waals surface area contributed by atoms with E-state index in [4.69, 9.17) is 5.11 Å². The molecule has 108 valence electrons. The molecule has 0 aliphatic rings. The smallest absolute Gasteiger partial charge is 0.0431 e. The first-order valence-corrected chi connectivity index (χ1v) is 7.94. The first-order chi connectivity index (χ1) is 9.43. The molecule has 0 radical (unpaired) electrons. The Morgan fingerprint density at radius 1 is 0.737 bits per heavy atom. The van der Waals surface area contributed by atoms with Crippen LogP contribution in [-0.2, 0) is 6.42 Å². The highest BCUT2D eigenvalue weighted by molar-refractivity contribution is 5.03. The number of aliphatic hydroxyl groups excluding tert-OH is 1. The fraction of sp³-hybridized carbons (Fsp3) is 0.706. The number of hydrogen-bond donors (Lipinski definition) is 1. The Morgan fingerprint density at radius 3 is 1.84 bits per heavy atom. The predicted molar refractivity (Wildman–Crippen MR) is 81.2 cm³/mol. The largest absolute Gasteiger partial charge is 0.396 e. The van der Waals surface area contributed by atoms with Crippen LogP contribution in [0, 0.1) is 0 Å². The van der Waals surface area contributed by atoms with Crippen molar-refractivity contribution in [3.63, 3.8) is 0 Å². The van der Waals surface area contributed by atoms with Gasteiger partial charge in [-0.2, -0.15) is 0 Å². The minimum absolute atomic E-state index is 0.357. The summed E-state index contributed by atoms with van der Waals surface area (Å²) in [5, 5.41) is 8.67. The van der Waals surface area contributed by atoms with Gasteiger partial charge in [0.1, 0.15) is 0 Å². The number of unbranched alkanes of at least 4 members (excludes halogenated alkanes) is 9. The van der Waals surface area contributed by atoms with Gasteiger partial charge in [0.05, 0.1) is 0 Å². The Labute approximate surface area is 118 Å². The third-order valence-electron chi connectivity index (χ3n) is 3.57. The molecule has 0 unspecified atom stereocenters. The summed E-state index contributed by atoms with van der Waals surface area (Å²) in [5.41, 5.74) is 1.23. The molecule has 1 rings (SSSR count). The highest BCUT2D eigenvalue weighted by atomic mass is 16.2. The lowest BCUT2D eigenvalue weighted by molar-refractivity contribution is 0.282. The van der Waals surface area contributed by atoms with Crippen molar-refractivity contribution in [3.05, 3.63) is 30.1 Å². The first-order valence-electron chi connectivity index (χ1n) is 7.94. The van der Waals surface area contributed by atoms with Crippen LogP contribution >= 0.6 is 0 Å². The number of aliphatic hydroxyl groups is 1. The maximum absolute atomic E-state index is 8.67. The topological polar surface area (TPSA) is 33.1 Å². The maximum atomic E-state index is 8.67. The van der Waals surface area contributed by atoms with Crippen LogP contribution in [0.3, 0.4) is 0 Å². The van der Waals surface area contributed by atoms with Crippen LogP contribution in [0.1, 0.15) is 69.9 Å². The van der Waals surface area contributed by atoms with E-state index in [2.05, 4.69) is 17.1 Å². The molecule has 0 fully saturated rings. The zero-order valence-electron chi connectivity index (χ0n) is 12.2. The molecule has 0 bridgehead atoms. The number of aromatic nitrogens is 1. The molecule has 1 heterocycles. The van der Waals surface area contributed by atoms with Crippen LogP contribution in [0.5, 0.6) is 0 Å². The van der Waals surface area contributed by atoms with Crippen molar-refractivity contribution in [3.8, 4) is 0 Å². The second-order valence-electron chi connectivity index (χ2n) is 5.33. The molecule has 1 aromatic rings. The van der Waals surface area contributed by atoms with E-state index in [0.717, 1.165) is 12.8 Å². The van der Waals surface area contributed by atoms with Gasteiger partial charge in [-0.15, -0.1) is 0 Å². The number of nitrogens with zero attached hydrogens (tertiary/aromatic N) is 1. The Morgan fingerprint density at radius 2 is 1.32 bits per heavy atom. The van der Waals surface area contributed by atoms with Crippen LogP contribution < -0.4 is 0 Å². The van der Waals surface area contributed by atoms with Crippen molar-refractivity contribution in [2.75, 3.05) is 6.61 Å². The summed E-state index contributed by atoms with van der Waals surface area (Å²) in [5.74, 6) is 0. The molecule has 0 spiro atoms. The molecule has 0 aromatic carbocycles. The lowest BCUT2D eigenvalue weighted by atomic mass is 10.1. The van der Waals surface area contributed by atoms with Crippen molar-refractivity contribution in [1.29, 1.82) is 0 Å². The summed E-state index contributed by atoms with van der Waals surface area (Å²) in [6.07, 6.45) is 15.9. The van der Waals surface area contributed by atoms with Crippen molar-refractivity contribution in [2.45, 2.75) is 70.6 Å². The molecule has 0 saturated heterocycles. The summed E-state index contributed by atoms with van der Waals surface area (Å²) in [6.45, 7) is 0.357. The predicted octanol–water partition coefficient (Wildman–Crippen LogP) is 4.52. The monoisotopic (exact) mass is 263 g/mol. The van der Waals surface area contributed by atoms with E-state index in [1.807, 2.05) is 12.3 Å². The third kappa shape index (κ3) is 9.66. The summed E-state index contributed by atoms with van der Waals surface area (Å²) in [4.78, 5) is 4.34. The van der Waals surface area contributed by atoms with Gasteiger partial charge in [0.2, 0.25) is 0 Å². The fourth-order valence-electron chi connectivity index (χ4n) is 2.38. The lowest BCUT2D eigenvalue weighted by Crippen LogP contribution is -1.89. The molecule has 19 heavy (non-hydrogen) atoms. The van der Waals surface area contributed by atoms with E-state index >= 15 is 0 Å². The fourth-order valence-corrected chi connectivity index (χ4v) is 2.38. The molecule has 0 aliphatic heterocycles. The third-order valence-corrected chi connectivity index (χ3v) is 3.57. The van der Waals surface area contributed by atoms with Gasteiger partial charge >= 0.3 is 0 Å². The quantitative estimate of drug-likeness (QED) is 0.562. The van der Waals surface area contributed by atoms with Crippen LogP contribution in [0.2, 0.25) is 0 Å². The Hall–Kier alpha value is -0.890. The molecule has 0 saturated carbocycles. The van der Waals surface area contributed by atoms with Gasteiger partial charge in [0.15, 0.2) is 0 Å². The van der Waals surface area contributed by atoms with E-state index < -0.39 is 0 Å². The van der Waals surface area contributed by atoms with Gasteiger partial charge in [-0.1, -0.05) is 57.4 Å². The summed E-state index contributed by atoms with van der Waals surface area (Å²) < 4.78 is 0. The van der Waals surface area contributed by atoms with Crippen molar-refractivity contribution >= 4 is 0 Å². The second-order valence-corrected chi connectivity index (χ2v) is 5.33. The molecule has 0 aliphatic carbocycles. The van der Waals surface area contributed by atoms with E-state index in [0.29, 0.717) is 6.61 Å². The Kier molecular flexibility index (Phi) is 10.3. The van der Waals surface area contributed by atoms with E-state index in [1.54, 1.807) is 0 Å². The highest BCUT2D eigenvalue weighted by Gasteiger charge is 1.95.